The minimum Gasteiger partial charge on any atom is -0.481 e. The summed E-state index contributed by atoms with van der Waals surface area (Å²) in [5.41, 5.74) is 1.30. The number of likely N-dealkylation sites (tertiary alicyclic amines) is 1. The van der Waals surface area contributed by atoms with Crippen LogP contribution >= 0.6 is 0 Å². The average molecular weight is 304 g/mol. The highest BCUT2D eigenvalue weighted by Gasteiger charge is 2.26. The second kappa shape index (κ2) is 9.14. The Bertz CT molecular complexity index is 427. The van der Waals surface area contributed by atoms with Crippen LogP contribution in [0.5, 0.6) is 5.88 Å². The van der Waals surface area contributed by atoms with Gasteiger partial charge < -0.3 is 9.64 Å². The number of hydrogen-bond acceptors (Lipinski definition) is 3. The molecule has 0 aliphatic carbocycles. The van der Waals surface area contributed by atoms with Crippen molar-refractivity contribution in [3.8, 4) is 5.88 Å². The fraction of sp³-hybridized carbons (Fsp3) is 0.737. The highest BCUT2D eigenvalue weighted by Crippen LogP contribution is 2.34. The Morgan fingerprint density at radius 2 is 2.00 bits per heavy atom. The summed E-state index contributed by atoms with van der Waals surface area (Å²) in [7, 11) is 1.73. The van der Waals surface area contributed by atoms with Gasteiger partial charge in [0, 0.05) is 17.8 Å². The molecule has 22 heavy (non-hydrogen) atoms. The van der Waals surface area contributed by atoms with Crippen LogP contribution in [-0.2, 0) is 0 Å². The molecule has 1 atom stereocenters. The molecule has 0 saturated carbocycles. The minimum atomic E-state index is 0.605. The van der Waals surface area contributed by atoms with Crippen molar-refractivity contribution in [1.29, 1.82) is 0 Å². The van der Waals surface area contributed by atoms with E-state index in [1.54, 1.807) is 7.11 Å². The third kappa shape index (κ3) is 4.45. The first-order valence-electron chi connectivity index (χ1n) is 9.03. The van der Waals surface area contributed by atoms with E-state index in [1.807, 2.05) is 12.3 Å². The Balaban J connectivity index is 1.93. The lowest BCUT2D eigenvalue weighted by Crippen LogP contribution is -2.41. The van der Waals surface area contributed by atoms with Gasteiger partial charge in [-0.1, -0.05) is 39.2 Å². The molecule has 3 nitrogen and oxygen atoms in total. The van der Waals surface area contributed by atoms with Gasteiger partial charge in [0.15, 0.2) is 0 Å². The fourth-order valence-electron chi connectivity index (χ4n) is 3.74. The van der Waals surface area contributed by atoms with Crippen molar-refractivity contribution in [3.05, 3.63) is 23.9 Å². The Kier molecular flexibility index (Phi) is 7.17. The Labute approximate surface area is 136 Å². The number of rotatable bonds is 8. The molecule has 0 amide bonds. The number of ether oxygens (including phenoxy) is 1. The van der Waals surface area contributed by atoms with Crippen molar-refractivity contribution in [3.63, 3.8) is 0 Å². The lowest BCUT2D eigenvalue weighted by Gasteiger charge is -2.38. The maximum absolute atomic E-state index is 5.44. The predicted molar refractivity (Wildman–Crippen MR) is 92.6 cm³/mol. The zero-order valence-corrected chi connectivity index (χ0v) is 14.6. The third-order valence-electron chi connectivity index (χ3n) is 4.99. The fourth-order valence-corrected chi connectivity index (χ4v) is 3.74. The second-order valence-electron chi connectivity index (χ2n) is 6.50. The van der Waals surface area contributed by atoms with Gasteiger partial charge in [-0.3, -0.25) is 0 Å². The van der Waals surface area contributed by atoms with Gasteiger partial charge in [0.25, 0.3) is 0 Å². The number of pyridine rings is 1. The molecule has 0 bridgehead atoms. The molecular weight excluding hydrogens is 272 g/mol. The Morgan fingerprint density at radius 1 is 1.23 bits per heavy atom. The first-order chi connectivity index (χ1) is 10.8. The predicted octanol–water partition coefficient (Wildman–Crippen LogP) is 4.63. The monoisotopic (exact) mass is 304 g/mol. The van der Waals surface area contributed by atoms with Crippen molar-refractivity contribution in [2.45, 2.75) is 70.8 Å². The molecule has 1 aromatic rings. The Hall–Kier alpha value is -1.09. The molecule has 124 valence electrons. The molecule has 2 heterocycles. The van der Waals surface area contributed by atoms with Gasteiger partial charge in [-0.25, -0.2) is 4.98 Å². The van der Waals surface area contributed by atoms with E-state index in [2.05, 4.69) is 29.8 Å². The van der Waals surface area contributed by atoms with E-state index in [0.29, 0.717) is 5.92 Å². The lowest BCUT2D eigenvalue weighted by molar-refractivity contribution is 0.134. The molecule has 1 fully saturated rings. The van der Waals surface area contributed by atoms with Crippen LogP contribution in [0.25, 0.3) is 0 Å². The maximum Gasteiger partial charge on any atom is 0.216 e. The zero-order chi connectivity index (χ0) is 15.8. The molecule has 1 aliphatic rings. The van der Waals surface area contributed by atoms with E-state index in [0.717, 1.165) is 11.9 Å². The summed E-state index contributed by atoms with van der Waals surface area (Å²) in [6.45, 7) is 7.05. The van der Waals surface area contributed by atoms with Crippen LogP contribution in [0.15, 0.2) is 18.3 Å². The smallest absolute Gasteiger partial charge is 0.216 e. The van der Waals surface area contributed by atoms with E-state index in [-0.39, 0.29) is 0 Å². The highest BCUT2D eigenvalue weighted by atomic mass is 16.5. The van der Waals surface area contributed by atoms with E-state index in [1.165, 1.54) is 63.6 Å². The van der Waals surface area contributed by atoms with Crippen LogP contribution < -0.4 is 4.74 Å². The van der Waals surface area contributed by atoms with Crippen LogP contribution in [0, 0.1) is 0 Å². The molecule has 0 spiro atoms. The van der Waals surface area contributed by atoms with E-state index < -0.39 is 0 Å². The summed E-state index contributed by atoms with van der Waals surface area (Å²) in [5.74, 6) is 1.42. The summed E-state index contributed by atoms with van der Waals surface area (Å²) >= 11 is 0. The summed E-state index contributed by atoms with van der Waals surface area (Å²) in [5, 5.41) is 0. The van der Waals surface area contributed by atoms with E-state index in [9.17, 15) is 0 Å². The van der Waals surface area contributed by atoms with Crippen LogP contribution in [0.3, 0.4) is 0 Å². The van der Waals surface area contributed by atoms with E-state index in [4.69, 9.17) is 4.74 Å². The SMILES string of the molecule is CCCCC(CCC)N1CCC(c2cccnc2OC)CC1. The minimum absolute atomic E-state index is 0.605. The first kappa shape index (κ1) is 17.3. The molecular formula is C19H32N2O. The Morgan fingerprint density at radius 3 is 2.64 bits per heavy atom. The van der Waals surface area contributed by atoms with Crippen LogP contribution in [0.4, 0.5) is 0 Å². The lowest BCUT2D eigenvalue weighted by atomic mass is 9.88. The van der Waals surface area contributed by atoms with Crippen molar-refractivity contribution in [1.82, 2.24) is 9.88 Å². The van der Waals surface area contributed by atoms with Gasteiger partial charge in [-0.15, -0.1) is 0 Å². The van der Waals surface area contributed by atoms with Gasteiger partial charge in [-0.05, 0) is 50.8 Å². The molecule has 3 heteroatoms. The van der Waals surface area contributed by atoms with E-state index >= 15 is 0 Å². The number of unbranched alkanes of at least 4 members (excludes halogenated alkanes) is 1. The molecule has 1 aliphatic heterocycles. The van der Waals surface area contributed by atoms with Gasteiger partial charge in [0.05, 0.1) is 7.11 Å². The molecule has 0 N–H and O–H groups in total. The topological polar surface area (TPSA) is 25.4 Å². The number of methoxy groups -OCH3 is 1. The largest absolute Gasteiger partial charge is 0.481 e. The van der Waals surface area contributed by atoms with Crippen LogP contribution in [-0.4, -0.2) is 36.1 Å². The number of piperidine rings is 1. The number of aromatic nitrogens is 1. The van der Waals surface area contributed by atoms with Crippen molar-refractivity contribution in [2.24, 2.45) is 0 Å². The summed E-state index contributed by atoms with van der Waals surface area (Å²) in [4.78, 5) is 7.10. The van der Waals surface area contributed by atoms with Gasteiger partial charge in [0.2, 0.25) is 5.88 Å². The van der Waals surface area contributed by atoms with Crippen molar-refractivity contribution in [2.75, 3.05) is 20.2 Å². The molecule has 0 radical (unpaired) electrons. The van der Waals surface area contributed by atoms with Gasteiger partial charge in [-0.2, -0.15) is 0 Å². The average Bonchev–Trinajstić information content (AvgIpc) is 2.59. The quantitative estimate of drug-likeness (QED) is 0.700. The highest BCUT2D eigenvalue weighted by molar-refractivity contribution is 5.29. The summed E-state index contributed by atoms with van der Waals surface area (Å²) in [6.07, 6.45) is 11.0. The molecule has 2 rings (SSSR count). The summed E-state index contributed by atoms with van der Waals surface area (Å²) in [6, 6.07) is 5.01. The molecule has 1 unspecified atom stereocenters. The molecule has 0 aromatic carbocycles. The standard InChI is InChI=1S/C19H32N2O/c1-4-6-9-17(8-5-2)21-14-11-16(12-15-21)18-10-7-13-20-19(18)22-3/h7,10,13,16-17H,4-6,8-9,11-12,14-15H2,1-3H3. The number of hydrogen-bond donors (Lipinski definition) is 0. The van der Waals surface area contributed by atoms with Crippen LogP contribution in [0.1, 0.15) is 70.3 Å². The van der Waals surface area contributed by atoms with Crippen molar-refractivity contribution < 1.29 is 4.74 Å². The van der Waals surface area contributed by atoms with Crippen molar-refractivity contribution >= 4 is 0 Å². The first-order valence-corrected chi connectivity index (χ1v) is 9.03. The zero-order valence-electron chi connectivity index (χ0n) is 14.6. The second-order valence-corrected chi connectivity index (χ2v) is 6.50. The van der Waals surface area contributed by atoms with Gasteiger partial charge >= 0.3 is 0 Å². The normalized spacial score (nSPS) is 18.3. The number of nitrogens with zero attached hydrogens (tertiary/aromatic N) is 2. The molecule has 1 aromatic heterocycles. The van der Waals surface area contributed by atoms with Crippen LogP contribution in [0.2, 0.25) is 0 Å². The maximum atomic E-state index is 5.44. The third-order valence-corrected chi connectivity index (χ3v) is 4.99. The molecule has 1 saturated heterocycles. The van der Waals surface area contributed by atoms with Gasteiger partial charge in [0.1, 0.15) is 0 Å². The summed E-state index contributed by atoms with van der Waals surface area (Å²) < 4.78 is 5.44.